The number of nitrogens with two attached hydrogens (primary N) is 3. The van der Waals surface area contributed by atoms with Crippen LogP contribution in [0.25, 0.3) is 0 Å². The highest BCUT2D eigenvalue weighted by Crippen LogP contribution is 1.75. The van der Waals surface area contributed by atoms with Gasteiger partial charge in [-0.3, -0.25) is 0 Å². The Labute approximate surface area is 69.9 Å². The molecule has 0 spiro atoms. The van der Waals surface area contributed by atoms with Crippen LogP contribution < -0.4 is 17.2 Å². The van der Waals surface area contributed by atoms with Gasteiger partial charge < -0.3 is 17.2 Å². The van der Waals surface area contributed by atoms with E-state index in [4.69, 9.17) is 11.6 Å². The lowest BCUT2D eigenvalue weighted by Crippen LogP contribution is -1.69. The third kappa shape index (κ3) is 307. The fourth-order valence-electron chi connectivity index (χ4n) is 0. The molecule has 0 aromatic heterocycles. The van der Waals surface area contributed by atoms with Gasteiger partial charge in [0.25, 0.3) is 0 Å². The third-order valence-corrected chi connectivity index (χ3v) is 0.567. The molecule has 4 heteroatoms. The lowest BCUT2D eigenvalue weighted by Gasteiger charge is -1.65. The van der Waals surface area contributed by atoms with Crippen molar-refractivity contribution in [3.05, 3.63) is 0 Å². The van der Waals surface area contributed by atoms with Crippen molar-refractivity contribution >= 4 is 11.6 Å². The maximum absolute atomic E-state index is 5.19. The van der Waals surface area contributed by atoms with E-state index < -0.39 is 0 Å². The molecule has 0 saturated heterocycles. The van der Waals surface area contributed by atoms with E-state index in [-0.39, 0.29) is 0 Å². The molecule has 0 aromatic carbocycles. The van der Waals surface area contributed by atoms with Crippen molar-refractivity contribution in [2.75, 3.05) is 27.0 Å². The highest BCUT2D eigenvalue weighted by atomic mass is 35.5. The SMILES string of the molecule is CCCCl.CN.CN.CN. The van der Waals surface area contributed by atoms with Gasteiger partial charge in [0.15, 0.2) is 0 Å². The molecular formula is C6H22ClN3. The van der Waals surface area contributed by atoms with Crippen LogP contribution in [-0.4, -0.2) is 27.0 Å². The molecule has 0 saturated carbocycles. The zero-order valence-electron chi connectivity index (χ0n) is 7.52. The van der Waals surface area contributed by atoms with Gasteiger partial charge in [0.2, 0.25) is 0 Å². The van der Waals surface area contributed by atoms with Crippen LogP contribution in [-0.2, 0) is 0 Å². The maximum atomic E-state index is 5.19. The van der Waals surface area contributed by atoms with Crippen molar-refractivity contribution in [3.8, 4) is 0 Å². The average molecular weight is 172 g/mol. The minimum Gasteiger partial charge on any atom is -0.333 e. The summed E-state index contributed by atoms with van der Waals surface area (Å²) < 4.78 is 0. The molecule has 0 aliphatic rings. The van der Waals surface area contributed by atoms with E-state index in [9.17, 15) is 0 Å². The van der Waals surface area contributed by atoms with Crippen molar-refractivity contribution in [3.63, 3.8) is 0 Å². The van der Waals surface area contributed by atoms with Crippen LogP contribution in [0.1, 0.15) is 13.3 Å². The summed E-state index contributed by atoms with van der Waals surface area (Å²) in [5, 5.41) is 0. The summed E-state index contributed by atoms with van der Waals surface area (Å²) in [7, 11) is 4.50. The lowest BCUT2D eigenvalue weighted by molar-refractivity contribution is 1.10. The van der Waals surface area contributed by atoms with Gasteiger partial charge in [-0.2, -0.15) is 0 Å². The van der Waals surface area contributed by atoms with Crippen molar-refractivity contribution in [1.82, 2.24) is 0 Å². The Bertz CT molecular complexity index is 15.0. The number of alkyl halides is 1. The molecule has 10 heavy (non-hydrogen) atoms. The minimum absolute atomic E-state index is 0.792. The fourth-order valence-corrected chi connectivity index (χ4v) is 0. The second-order valence-electron chi connectivity index (χ2n) is 0.689. The van der Waals surface area contributed by atoms with E-state index in [1.165, 1.54) is 21.1 Å². The Balaban J connectivity index is -0.0000000262. The first-order valence-electron chi connectivity index (χ1n) is 3.21. The van der Waals surface area contributed by atoms with Gasteiger partial charge in [0.1, 0.15) is 0 Å². The van der Waals surface area contributed by atoms with Crippen LogP contribution in [0.4, 0.5) is 0 Å². The molecule has 0 bridgehead atoms. The summed E-state index contributed by atoms with van der Waals surface area (Å²) >= 11 is 5.19. The average Bonchev–Trinajstić information content (AvgIpc) is 2.14. The van der Waals surface area contributed by atoms with Gasteiger partial charge >= 0.3 is 0 Å². The number of rotatable bonds is 1. The van der Waals surface area contributed by atoms with E-state index >= 15 is 0 Å². The molecule has 0 unspecified atom stereocenters. The van der Waals surface area contributed by atoms with E-state index in [0.717, 1.165) is 12.3 Å². The summed E-state index contributed by atoms with van der Waals surface area (Å²) in [4.78, 5) is 0. The van der Waals surface area contributed by atoms with E-state index in [1.54, 1.807) is 0 Å². The van der Waals surface area contributed by atoms with Crippen LogP contribution >= 0.6 is 11.6 Å². The third-order valence-electron chi connectivity index (χ3n) is 0.189. The summed E-state index contributed by atoms with van der Waals surface area (Å²) in [5.41, 5.74) is 13.5. The molecular weight excluding hydrogens is 150 g/mol. The molecule has 0 rings (SSSR count). The first kappa shape index (κ1) is 22.5. The first-order valence-corrected chi connectivity index (χ1v) is 3.74. The minimum atomic E-state index is 0.792. The number of hydrogen-bond donors (Lipinski definition) is 3. The van der Waals surface area contributed by atoms with Crippen LogP contribution in [0.5, 0.6) is 0 Å². The van der Waals surface area contributed by atoms with Gasteiger partial charge in [0.05, 0.1) is 0 Å². The summed E-state index contributed by atoms with van der Waals surface area (Å²) in [6, 6.07) is 0. The largest absolute Gasteiger partial charge is 0.333 e. The predicted molar refractivity (Wildman–Crippen MR) is 51.3 cm³/mol. The Kier molecular flexibility index (Phi) is 292. The molecule has 0 aliphatic heterocycles. The van der Waals surface area contributed by atoms with E-state index in [2.05, 4.69) is 17.2 Å². The topological polar surface area (TPSA) is 78.1 Å². The molecule has 0 radical (unpaired) electrons. The molecule has 6 N–H and O–H groups in total. The summed E-state index contributed by atoms with van der Waals surface area (Å²) in [6.07, 6.45) is 1.08. The van der Waals surface area contributed by atoms with Gasteiger partial charge in [-0.05, 0) is 27.6 Å². The monoisotopic (exact) mass is 171 g/mol. The quantitative estimate of drug-likeness (QED) is 0.499. The Morgan fingerprint density at radius 2 is 1.00 bits per heavy atom. The normalized spacial score (nSPS) is 4.80. The van der Waals surface area contributed by atoms with Crippen molar-refractivity contribution in [2.24, 2.45) is 17.2 Å². The van der Waals surface area contributed by atoms with Gasteiger partial charge in [-0.25, -0.2) is 0 Å². The van der Waals surface area contributed by atoms with Crippen molar-refractivity contribution < 1.29 is 0 Å². The maximum Gasteiger partial charge on any atom is 0.0220 e. The molecule has 0 atom stereocenters. The molecule has 0 fully saturated rings. The predicted octanol–water partition coefficient (Wildman–Crippen LogP) is 0.360. The number of halogens is 1. The lowest BCUT2D eigenvalue weighted by atomic mass is 10.6. The zero-order chi connectivity index (χ0) is 9.41. The van der Waals surface area contributed by atoms with Gasteiger partial charge in [-0.1, -0.05) is 6.92 Å². The van der Waals surface area contributed by atoms with E-state index in [1.807, 2.05) is 6.92 Å². The van der Waals surface area contributed by atoms with Crippen molar-refractivity contribution in [2.45, 2.75) is 13.3 Å². The van der Waals surface area contributed by atoms with Crippen molar-refractivity contribution in [1.29, 1.82) is 0 Å². The van der Waals surface area contributed by atoms with Crippen LogP contribution in [0, 0.1) is 0 Å². The molecule has 68 valence electrons. The highest BCUT2D eigenvalue weighted by Gasteiger charge is 1.59. The van der Waals surface area contributed by atoms with E-state index in [0.29, 0.717) is 0 Å². The van der Waals surface area contributed by atoms with Gasteiger partial charge in [0, 0.05) is 5.88 Å². The van der Waals surface area contributed by atoms with Gasteiger partial charge in [-0.15, -0.1) is 11.6 Å². The summed E-state index contributed by atoms with van der Waals surface area (Å²) in [6.45, 7) is 2.05. The second-order valence-corrected chi connectivity index (χ2v) is 1.07. The van der Waals surface area contributed by atoms with Crippen LogP contribution in [0.2, 0.25) is 0 Å². The Morgan fingerprint density at radius 1 is 0.900 bits per heavy atom. The second kappa shape index (κ2) is 130. The molecule has 0 aliphatic carbocycles. The summed E-state index contributed by atoms with van der Waals surface area (Å²) in [5.74, 6) is 0.792. The zero-order valence-corrected chi connectivity index (χ0v) is 8.28. The first-order chi connectivity index (χ1) is 4.91. The fraction of sp³-hybridized carbons (Fsp3) is 1.00. The molecule has 0 heterocycles. The Hall–Kier alpha value is 0.170. The number of hydrogen-bond acceptors (Lipinski definition) is 3. The molecule has 0 amide bonds. The molecule has 3 nitrogen and oxygen atoms in total. The van der Waals surface area contributed by atoms with Crippen LogP contribution in [0.15, 0.2) is 0 Å². The highest BCUT2D eigenvalue weighted by molar-refractivity contribution is 6.17. The molecule has 0 aromatic rings. The smallest absolute Gasteiger partial charge is 0.0220 e. The standard InChI is InChI=1S/C3H7Cl.3CH5N/c1-2-3-4;3*1-2/h2-3H2,1H3;3*2H2,1H3. The van der Waals surface area contributed by atoms with Crippen LogP contribution in [0.3, 0.4) is 0 Å². The Morgan fingerprint density at radius 3 is 1.00 bits per heavy atom.